The van der Waals surface area contributed by atoms with Crippen LogP contribution in [0.4, 0.5) is 4.39 Å². The van der Waals surface area contributed by atoms with Crippen LogP contribution in [-0.2, 0) is 22.3 Å². The van der Waals surface area contributed by atoms with E-state index in [4.69, 9.17) is 9.15 Å². The predicted molar refractivity (Wildman–Crippen MR) is 92.1 cm³/mol. The first-order valence-electron chi connectivity index (χ1n) is 7.64. The minimum Gasteiger partial charge on any atom is -0.497 e. The van der Waals surface area contributed by atoms with Crippen LogP contribution in [0.1, 0.15) is 11.5 Å². The van der Waals surface area contributed by atoms with Crippen molar-refractivity contribution in [3.05, 3.63) is 65.8 Å². The molecule has 9 heteroatoms. The maximum absolute atomic E-state index is 12.9. The van der Waals surface area contributed by atoms with E-state index in [1.54, 1.807) is 31.4 Å². The molecule has 3 aromatic rings. The van der Waals surface area contributed by atoms with Gasteiger partial charge < -0.3 is 9.15 Å². The fourth-order valence-electron chi connectivity index (χ4n) is 2.20. The third kappa shape index (κ3) is 4.64. The first kappa shape index (κ1) is 18.0. The molecular formula is C17H16FN3O4S. The van der Waals surface area contributed by atoms with Crippen LogP contribution >= 0.6 is 0 Å². The molecule has 1 heterocycles. The molecule has 0 atom stereocenters. The summed E-state index contributed by atoms with van der Waals surface area (Å²) in [5.74, 6) is 0.421. The summed E-state index contributed by atoms with van der Waals surface area (Å²) in [5.41, 5.74) is 1.17. The standard InChI is InChI=1S/C17H16FN3O4S/c1-24-15-8-4-13(5-9-15)17-21-20-16(25-17)10-19-26(22,23)11-12-2-6-14(18)7-3-12/h2-9,19H,10-11H2,1H3. The summed E-state index contributed by atoms with van der Waals surface area (Å²) in [5, 5.41) is 7.73. The maximum atomic E-state index is 12.9. The van der Waals surface area contributed by atoms with Crippen molar-refractivity contribution in [1.29, 1.82) is 0 Å². The average Bonchev–Trinajstić information content (AvgIpc) is 3.11. The smallest absolute Gasteiger partial charge is 0.247 e. The summed E-state index contributed by atoms with van der Waals surface area (Å²) in [6, 6.07) is 12.3. The summed E-state index contributed by atoms with van der Waals surface area (Å²) in [6.07, 6.45) is 0. The van der Waals surface area contributed by atoms with Gasteiger partial charge in [-0.1, -0.05) is 12.1 Å². The molecule has 0 aliphatic rings. The molecule has 1 aromatic heterocycles. The molecule has 2 aromatic carbocycles. The molecule has 3 rings (SSSR count). The monoisotopic (exact) mass is 377 g/mol. The minimum absolute atomic E-state index is 0.132. The Bertz CT molecular complexity index is 970. The Balaban J connectivity index is 1.62. The van der Waals surface area contributed by atoms with Gasteiger partial charge in [-0.3, -0.25) is 0 Å². The highest BCUT2D eigenvalue weighted by atomic mass is 32.2. The molecule has 136 valence electrons. The molecule has 0 fully saturated rings. The van der Waals surface area contributed by atoms with E-state index in [1.807, 2.05) is 0 Å². The third-order valence-electron chi connectivity index (χ3n) is 3.52. The molecule has 26 heavy (non-hydrogen) atoms. The molecule has 0 spiro atoms. The van der Waals surface area contributed by atoms with Crippen LogP contribution in [0.3, 0.4) is 0 Å². The van der Waals surface area contributed by atoms with E-state index < -0.39 is 15.8 Å². The van der Waals surface area contributed by atoms with Crippen molar-refractivity contribution in [2.24, 2.45) is 0 Å². The van der Waals surface area contributed by atoms with Crippen molar-refractivity contribution < 1.29 is 22.0 Å². The van der Waals surface area contributed by atoms with Crippen LogP contribution in [-0.4, -0.2) is 25.7 Å². The fourth-order valence-corrected chi connectivity index (χ4v) is 3.27. The lowest BCUT2D eigenvalue weighted by Gasteiger charge is -2.04. The van der Waals surface area contributed by atoms with Gasteiger partial charge in [0.05, 0.1) is 19.4 Å². The molecule has 0 amide bonds. The normalized spacial score (nSPS) is 11.5. The summed E-state index contributed by atoms with van der Waals surface area (Å²) in [6.45, 7) is -0.132. The van der Waals surface area contributed by atoms with Crippen molar-refractivity contribution >= 4 is 10.0 Å². The molecule has 0 bridgehead atoms. The summed E-state index contributed by atoms with van der Waals surface area (Å²) >= 11 is 0. The Morgan fingerprint density at radius 2 is 1.77 bits per heavy atom. The van der Waals surface area contributed by atoms with Gasteiger partial charge in [0.25, 0.3) is 0 Å². The largest absolute Gasteiger partial charge is 0.497 e. The van der Waals surface area contributed by atoms with E-state index in [0.717, 1.165) is 0 Å². The van der Waals surface area contributed by atoms with Crippen LogP contribution in [0, 0.1) is 5.82 Å². The lowest BCUT2D eigenvalue weighted by Crippen LogP contribution is -2.24. The number of hydrogen-bond donors (Lipinski definition) is 1. The van der Waals surface area contributed by atoms with Gasteiger partial charge in [0.1, 0.15) is 11.6 Å². The lowest BCUT2D eigenvalue weighted by atomic mass is 10.2. The van der Waals surface area contributed by atoms with Gasteiger partial charge in [0, 0.05) is 5.56 Å². The van der Waals surface area contributed by atoms with E-state index in [0.29, 0.717) is 16.9 Å². The van der Waals surface area contributed by atoms with Crippen molar-refractivity contribution in [3.8, 4) is 17.2 Å². The highest BCUT2D eigenvalue weighted by molar-refractivity contribution is 7.88. The number of nitrogens with one attached hydrogen (secondary N) is 1. The second-order valence-electron chi connectivity index (χ2n) is 5.44. The maximum Gasteiger partial charge on any atom is 0.247 e. The lowest BCUT2D eigenvalue weighted by molar-refractivity contribution is 0.415. The molecule has 7 nitrogen and oxygen atoms in total. The first-order valence-corrected chi connectivity index (χ1v) is 9.29. The number of nitrogens with zero attached hydrogens (tertiary/aromatic N) is 2. The van der Waals surface area contributed by atoms with Gasteiger partial charge in [-0.05, 0) is 42.0 Å². The molecule has 0 aliphatic carbocycles. The fraction of sp³-hybridized carbons (Fsp3) is 0.176. The average molecular weight is 377 g/mol. The second kappa shape index (κ2) is 7.63. The zero-order chi connectivity index (χ0) is 18.6. The van der Waals surface area contributed by atoms with Crippen LogP contribution in [0.2, 0.25) is 0 Å². The van der Waals surface area contributed by atoms with Crippen molar-refractivity contribution in [1.82, 2.24) is 14.9 Å². The van der Waals surface area contributed by atoms with Crippen molar-refractivity contribution in [2.45, 2.75) is 12.3 Å². The summed E-state index contributed by atoms with van der Waals surface area (Å²) in [7, 11) is -2.06. The highest BCUT2D eigenvalue weighted by Gasteiger charge is 2.15. The number of ether oxygens (including phenoxy) is 1. The van der Waals surface area contributed by atoms with E-state index in [1.165, 1.54) is 24.3 Å². The van der Waals surface area contributed by atoms with Gasteiger partial charge in [-0.15, -0.1) is 10.2 Å². The zero-order valence-corrected chi connectivity index (χ0v) is 14.7. The Morgan fingerprint density at radius 3 is 2.42 bits per heavy atom. The first-order chi connectivity index (χ1) is 12.4. The van der Waals surface area contributed by atoms with Crippen molar-refractivity contribution in [3.63, 3.8) is 0 Å². The predicted octanol–water partition coefficient (Wildman–Crippen LogP) is 2.50. The van der Waals surface area contributed by atoms with Crippen molar-refractivity contribution in [2.75, 3.05) is 7.11 Å². The number of methoxy groups -OCH3 is 1. The number of benzene rings is 2. The quantitative estimate of drug-likeness (QED) is 0.680. The zero-order valence-electron chi connectivity index (χ0n) is 13.8. The Labute approximate surface area is 149 Å². The van der Waals surface area contributed by atoms with E-state index >= 15 is 0 Å². The van der Waals surface area contributed by atoms with E-state index in [9.17, 15) is 12.8 Å². The van der Waals surface area contributed by atoms with Gasteiger partial charge in [-0.25, -0.2) is 17.5 Å². The van der Waals surface area contributed by atoms with E-state index in [-0.39, 0.29) is 24.1 Å². The second-order valence-corrected chi connectivity index (χ2v) is 7.24. The third-order valence-corrected chi connectivity index (χ3v) is 4.81. The molecule has 0 radical (unpaired) electrons. The molecular weight excluding hydrogens is 361 g/mol. The van der Waals surface area contributed by atoms with Gasteiger partial charge in [-0.2, -0.15) is 0 Å². The Morgan fingerprint density at radius 1 is 1.08 bits per heavy atom. The highest BCUT2D eigenvalue weighted by Crippen LogP contribution is 2.21. The summed E-state index contributed by atoms with van der Waals surface area (Å²) < 4.78 is 50.0. The van der Waals surface area contributed by atoms with Crippen LogP contribution in [0.5, 0.6) is 5.75 Å². The van der Waals surface area contributed by atoms with Crippen LogP contribution < -0.4 is 9.46 Å². The number of rotatable bonds is 7. The Kier molecular flexibility index (Phi) is 5.29. The molecule has 0 saturated heterocycles. The summed E-state index contributed by atoms with van der Waals surface area (Å²) in [4.78, 5) is 0. The minimum atomic E-state index is -3.63. The number of sulfonamides is 1. The Hall–Kier alpha value is -2.78. The number of hydrogen-bond acceptors (Lipinski definition) is 6. The van der Waals surface area contributed by atoms with Crippen LogP contribution in [0.25, 0.3) is 11.5 Å². The van der Waals surface area contributed by atoms with Crippen LogP contribution in [0.15, 0.2) is 52.9 Å². The number of aromatic nitrogens is 2. The topological polar surface area (TPSA) is 94.3 Å². The molecule has 0 unspecified atom stereocenters. The van der Waals surface area contributed by atoms with Gasteiger partial charge in [0.2, 0.25) is 21.8 Å². The molecule has 0 aliphatic heterocycles. The SMILES string of the molecule is COc1ccc(-c2nnc(CNS(=O)(=O)Cc3ccc(F)cc3)o2)cc1. The number of halogens is 1. The molecule has 0 saturated carbocycles. The van der Waals surface area contributed by atoms with Gasteiger partial charge in [0.15, 0.2) is 0 Å². The van der Waals surface area contributed by atoms with E-state index in [2.05, 4.69) is 14.9 Å². The molecule has 1 N–H and O–H groups in total. The van der Waals surface area contributed by atoms with Gasteiger partial charge >= 0.3 is 0 Å².